The van der Waals surface area contributed by atoms with E-state index in [1.54, 1.807) is 49.6 Å². The van der Waals surface area contributed by atoms with Crippen LogP contribution in [0.4, 0.5) is 0 Å². The van der Waals surface area contributed by atoms with Crippen molar-refractivity contribution in [1.82, 2.24) is 15.3 Å². The quantitative estimate of drug-likeness (QED) is 0.552. The molecule has 2 N–H and O–H groups in total. The minimum absolute atomic E-state index is 0.0522. The first kappa shape index (κ1) is 22.4. The number of carbonyl (C=O) groups excluding carboxylic acids is 1. The van der Waals surface area contributed by atoms with E-state index in [1.807, 2.05) is 6.07 Å². The predicted octanol–water partition coefficient (Wildman–Crippen LogP) is 4.19. The summed E-state index contributed by atoms with van der Waals surface area (Å²) in [6, 6.07) is 10.6. The van der Waals surface area contributed by atoms with Gasteiger partial charge in [0.25, 0.3) is 11.5 Å². The van der Waals surface area contributed by atoms with Crippen molar-refractivity contribution >= 4 is 41.3 Å². The van der Waals surface area contributed by atoms with Gasteiger partial charge in [-0.25, -0.2) is 4.98 Å². The molecule has 0 aliphatic rings. The molecule has 1 amide bonds. The zero-order valence-electron chi connectivity index (χ0n) is 16.7. The maximum Gasteiger partial charge on any atom is 0.263 e. The second-order valence-electron chi connectivity index (χ2n) is 6.36. The fraction of sp³-hybridized carbons (Fsp3) is 0.136. The Morgan fingerprint density at radius 3 is 2.65 bits per heavy atom. The van der Waals surface area contributed by atoms with Gasteiger partial charge in [0.05, 0.1) is 7.11 Å². The molecule has 0 atom stereocenters. The van der Waals surface area contributed by atoms with E-state index in [0.717, 1.165) is 11.1 Å². The van der Waals surface area contributed by atoms with Gasteiger partial charge in [0, 0.05) is 28.9 Å². The molecule has 0 unspecified atom stereocenters. The average molecular weight is 460 g/mol. The largest absolute Gasteiger partial charge is 0.493 e. The molecule has 2 aromatic carbocycles. The molecular weight excluding hydrogens is 441 g/mol. The third-order valence-corrected chi connectivity index (χ3v) is 4.90. The average Bonchev–Trinajstić information content (AvgIpc) is 2.77. The Morgan fingerprint density at radius 2 is 1.97 bits per heavy atom. The van der Waals surface area contributed by atoms with E-state index in [1.165, 1.54) is 13.2 Å². The lowest BCUT2D eigenvalue weighted by atomic mass is 10.2. The summed E-state index contributed by atoms with van der Waals surface area (Å²) in [6.07, 6.45) is 4.61. The highest BCUT2D eigenvalue weighted by atomic mass is 35.5. The van der Waals surface area contributed by atoms with Crippen LogP contribution in [0, 0.1) is 0 Å². The Morgan fingerprint density at radius 1 is 1.16 bits per heavy atom. The number of hydrogen-bond acceptors (Lipinski definition) is 5. The highest BCUT2D eigenvalue weighted by Crippen LogP contribution is 2.30. The molecule has 3 rings (SSSR count). The number of aromatic amines is 1. The van der Waals surface area contributed by atoms with E-state index in [4.69, 9.17) is 32.7 Å². The van der Waals surface area contributed by atoms with Gasteiger partial charge < -0.3 is 19.8 Å². The molecule has 0 aliphatic heterocycles. The first-order valence-corrected chi connectivity index (χ1v) is 9.91. The van der Waals surface area contributed by atoms with Gasteiger partial charge in [-0.2, -0.15) is 0 Å². The second kappa shape index (κ2) is 10.1. The van der Waals surface area contributed by atoms with Crippen LogP contribution < -0.4 is 20.3 Å². The van der Waals surface area contributed by atoms with Crippen LogP contribution in [0.5, 0.6) is 11.5 Å². The summed E-state index contributed by atoms with van der Waals surface area (Å²) in [5.74, 6) is 0.898. The summed E-state index contributed by atoms with van der Waals surface area (Å²) in [7, 11) is 2.99. The van der Waals surface area contributed by atoms with E-state index in [-0.39, 0.29) is 12.2 Å². The number of carbonyl (C=O) groups is 1. The number of H-pyrrole nitrogens is 1. The molecule has 0 aliphatic carbocycles. The van der Waals surface area contributed by atoms with Gasteiger partial charge in [-0.1, -0.05) is 41.4 Å². The third kappa shape index (κ3) is 5.65. The van der Waals surface area contributed by atoms with E-state index in [0.29, 0.717) is 27.4 Å². The lowest BCUT2D eigenvalue weighted by Gasteiger charge is -2.12. The number of nitrogens with one attached hydrogen (secondary N) is 2. The van der Waals surface area contributed by atoms with Crippen molar-refractivity contribution in [1.29, 1.82) is 0 Å². The van der Waals surface area contributed by atoms with Crippen LogP contribution in [0.3, 0.4) is 0 Å². The van der Waals surface area contributed by atoms with E-state index >= 15 is 0 Å². The predicted molar refractivity (Wildman–Crippen MR) is 121 cm³/mol. The number of nitrogens with zero attached hydrogens (tertiary/aromatic N) is 1. The molecule has 0 radical (unpaired) electrons. The zero-order valence-corrected chi connectivity index (χ0v) is 18.3. The van der Waals surface area contributed by atoms with Gasteiger partial charge in [0.2, 0.25) is 0 Å². The minimum atomic E-state index is -0.517. The first-order valence-electron chi connectivity index (χ1n) is 9.15. The van der Waals surface area contributed by atoms with Gasteiger partial charge in [-0.3, -0.25) is 9.59 Å². The fourth-order valence-electron chi connectivity index (χ4n) is 2.67. The van der Waals surface area contributed by atoms with Crippen LogP contribution in [0.2, 0.25) is 10.0 Å². The summed E-state index contributed by atoms with van der Waals surface area (Å²) < 4.78 is 11.3. The Bertz CT molecular complexity index is 1190. The third-order valence-electron chi connectivity index (χ3n) is 4.31. The summed E-state index contributed by atoms with van der Waals surface area (Å²) in [6.45, 7) is 0.254. The molecule has 160 valence electrons. The van der Waals surface area contributed by atoms with Crippen LogP contribution >= 0.6 is 23.2 Å². The number of ether oxygens (including phenoxy) is 2. The van der Waals surface area contributed by atoms with Crippen LogP contribution in [-0.4, -0.2) is 30.0 Å². The molecule has 1 heterocycles. The maximum atomic E-state index is 12.0. The normalized spacial score (nSPS) is 10.8. The monoisotopic (exact) mass is 459 g/mol. The Labute approximate surface area is 188 Å². The van der Waals surface area contributed by atoms with Crippen LogP contribution in [0.15, 0.2) is 47.4 Å². The summed E-state index contributed by atoms with van der Waals surface area (Å²) in [5, 5.41) is 3.47. The van der Waals surface area contributed by atoms with Crippen molar-refractivity contribution in [3.05, 3.63) is 85.5 Å². The zero-order chi connectivity index (χ0) is 22.4. The molecule has 0 saturated carbocycles. The van der Waals surface area contributed by atoms with Gasteiger partial charge in [-0.15, -0.1) is 0 Å². The number of amides is 1. The number of hydrogen-bond donors (Lipinski definition) is 2. The van der Waals surface area contributed by atoms with Crippen LogP contribution in [0.1, 0.15) is 27.3 Å². The summed E-state index contributed by atoms with van der Waals surface area (Å²) in [5.41, 5.74) is 1.03. The molecular formula is C22H19Cl2N3O4. The van der Waals surface area contributed by atoms with E-state index < -0.39 is 11.5 Å². The molecule has 0 saturated heterocycles. The molecule has 1 aromatic heterocycles. The fourth-order valence-corrected chi connectivity index (χ4v) is 3.13. The van der Waals surface area contributed by atoms with Crippen LogP contribution in [-0.2, 0) is 6.61 Å². The number of methoxy groups -OCH3 is 1. The van der Waals surface area contributed by atoms with E-state index in [2.05, 4.69) is 15.3 Å². The Kier molecular flexibility index (Phi) is 7.33. The number of halogens is 2. The highest BCUT2D eigenvalue weighted by molar-refractivity contribution is 6.35. The van der Waals surface area contributed by atoms with Gasteiger partial charge in [-0.05, 0) is 35.9 Å². The second-order valence-corrected chi connectivity index (χ2v) is 7.20. The SMILES string of the molecule is CNC(=O)c1cnc(/C=C/c2ccc(OCc3ccc(Cl)cc3Cl)c(OC)c2)[nH]c1=O. The molecule has 0 spiro atoms. The topological polar surface area (TPSA) is 93.3 Å². The molecule has 3 aromatic rings. The Balaban J connectivity index is 1.74. The van der Waals surface area contributed by atoms with Crippen LogP contribution in [0.25, 0.3) is 12.2 Å². The number of rotatable bonds is 7. The molecule has 31 heavy (non-hydrogen) atoms. The Hall–Kier alpha value is -3.29. The van der Waals surface area contributed by atoms with Crippen molar-refractivity contribution in [2.45, 2.75) is 6.61 Å². The van der Waals surface area contributed by atoms with Gasteiger partial charge in [0.15, 0.2) is 11.5 Å². The lowest BCUT2D eigenvalue weighted by molar-refractivity contribution is 0.0961. The summed E-state index contributed by atoms with van der Waals surface area (Å²) >= 11 is 12.1. The number of benzene rings is 2. The smallest absolute Gasteiger partial charge is 0.263 e. The van der Waals surface area contributed by atoms with Crippen molar-refractivity contribution in [3.63, 3.8) is 0 Å². The standard InChI is InChI=1S/C22H19Cl2N3O4/c1-25-21(28)16-11-26-20(27-22(16)29)8-4-13-3-7-18(19(9-13)30-2)31-12-14-5-6-15(23)10-17(14)24/h3-11H,12H2,1-2H3,(H,25,28)(H,26,27,29)/b8-4+. The maximum absolute atomic E-state index is 12.0. The van der Waals surface area contributed by atoms with E-state index in [9.17, 15) is 9.59 Å². The van der Waals surface area contributed by atoms with Crippen molar-refractivity contribution < 1.29 is 14.3 Å². The minimum Gasteiger partial charge on any atom is -0.493 e. The first-order chi connectivity index (χ1) is 14.9. The number of aromatic nitrogens is 2. The molecule has 0 fully saturated rings. The van der Waals surface area contributed by atoms with Crippen molar-refractivity contribution in [3.8, 4) is 11.5 Å². The van der Waals surface area contributed by atoms with Gasteiger partial charge >= 0.3 is 0 Å². The van der Waals surface area contributed by atoms with Gasteiger partial charge in [0.1, 0.15) is 18.0 Å². The van der Waals surface area contributed by atoms with Crippen molar-refractivity contribution in [2.24, 2.45) is 0 Å². The van der Waals surface area contributed by atoms with Crippen molar-refractivity contribution in [2.75, 3.05) is 14.2 Å². The molecule has 7 nitrogen and oxygen atoms in total. The molecule has 0 bridgehead atoms. The summed E-state index contributed by atoms with van der Waals surface area (Å²) in [4.78, 5) is 30.2. The molecule has 9 heteroatoms. The lowest BCUT2D eigenvalue weighted by Crippen LogP contribution is -2.27. The highest BCUT2D eigenvalue weighted by Gasteiger charge is 2.10.